The average Bonchev–Trinajstić information content (AvgIpc) is 2.30. The number of nitroso groups, excluding NO2 is 1. The van der Waals surface area contributed by atoms with Crippen molar-refractivity contribution >= 4 is 5.69 Å². The minimum Gasteiger partial charge on any atom is -0.619 e. The lowest BCUT2D eigenvalue weighted by atomic mass is 10.1. The first-order valence-electron chi connectivity index (χ1n) is 5.26. The van der Waals surface area contributed by atoms with Crippen LogP contribution < -0.4 is 4.73 Å². The summed E-state index contributed by atoms with van der Waals surface area (Å²) in [6.07, 6.45) is 4.27. The molecule has 0 amide bonds. The predicted molar refractivity (Wildman–Crippen MR) is 56.3 cm³/mol. The molecule has 0 saturated carbocycles. The third-order valence-corrected chi connectivity index (χ3v) is 2.54. The highest BCUT2D eigenvalue weighted by atomic mass is 16.5. The molecule has 0 atom stereocenters. The van der Waals surface area contributed by atoms with Gasteiger partial charge in [0.2, 0.25) is 0 Å². The van der Waals surface area contributed by atoms with E-state index in [4.69, 9.17) is 0 Å². The molecule has 6 heteroatoms. The fourth-order valence-electron chi connectivity index (χ4n) is 1.58. The lowest BCUT2D eigenvalue weighted by Gasteiger charge is -2.10. The zero-order valence-electron chi connectivity index (χ0n) is 8.82. The second-order valence-corrected chi connectivity index (χ2v) is 3.79. The Morgan fingerprint density at radius 2 is 1.88 bits per heavy atom. The minimum absolute atomic E-state index is 0.129. The zero-order valence-corrected chi connectivity index (χ0v) is 8.82. The summed E-state index contributed by atoms with van der Waals surface area (Å²) in [4.78, 5) is 10.9. The van der Waals surface area contributed by atoms with Gasteiger partial charge in [-0.1, -0.05) is 0 Å². The van der Waals surface area contributed by atoms with Crippen molar-refractivity contribution in [3.63, 3.8) is 0 Å². The number of hydrogen-bond acceptors (Lipinski definition) is 4. The van der Waals surface area contributed by atoms with Crippen molar-refractivity contribution in [1.29, 1.82) is 0 Å². The molecular weight excluding hydrogens is 208 g/mol. The van der Waals surface area contributed by atoms with Crippen LogP contribution in [0.25, 0.3) is 0 Å². The Balaban J connectivity index is 1.93. The Labute approximate surface area is 92.8 Å². The fourth-order valence-corrected chi connectivity index (χ4v) is 1.58. The highest BCUT2D eigenvalue weighted by Crippen LogP contribution is 2.15. The van der Waals surface area contributed by atoms with Crippen molar-refractivity contribution in [3.05, 3.63) is 34.6 Å². The molecule has 1 saturated heterocycles. The van der Waals surface area contributed by atoms with Crippen molar-refractivity contribution in [2.45, 2.75) is 18.9 Å². The molecule has 1 fully saturated rings. The fraction of sp³-hybridized carbons (Fsp3) is 0.500. The number of aromatic nitrogens is 1. The molecule has 0 aromatic carbocycles. The van der Waals surface area contributed by atoms with E-state index in [1.54, 1.807) is 12.1 Å². The topological polar surface area (TPSA) is 71.7 Å². The van der Waals surface area contributed by atoms with Crippen LogP contribution >= 0.6 is 0 Å². The van der Waals surface area contributed by atoms with Crippen LogP contribution in [0, 0.1) is 10.1 Å². The lowest BCUT2D eigenvalue weighted by Crippen LogP contribution is -2.26. The first-order chi connectivity index (χ1) is 7.74. The molecule has 1 aliphatic rings. The summed E-state index contributed by atoms with van der Waals surface area (Å²) in [5, 5.41) is 19.0. The first-order valence-corrected chi connectivity index (χ1v) is 5.26. The van der Waals surface area contributed by atoms with Gasteiger partial charge in [0.1, 0.15) is 0 Å². The molecule has 84 valence electrons. The molecule has 0 radical (unpaired) electrons. The molecule has 16 heavy (non-hydrogen) atoms. The van der Waals surface area contributed by atoms with Crippen LogP contribution in [0.1, 0.15) is 12.8 Å². The Bertz CT molecular complexity index is 392. The van der Waals surface area contributed by atoms with Gasteiger partial charge in [0, 0.05) is 29.9 Å². The molecule has 1 aliphatic heterocycles. The van der Waals surface area contributed by atoms with E-state index in [-0.39, 0.29) is 6.04 Å². The van der Waals surface area contributed by atoms with Gasteiger partial charge in [-0.3, -0.25) is 0 Å². The smallest absolute Gasteiger partial charge is 0.194 e. The van der Waals surface area contributed by atoms with E-state index in [1.807, 2.05) is 0 Å². The number of piperidine rings is 1. The average molecular weight is 221 g/mol. The van der Waals surface area contributed by atoms with Crippen LogP contribution in [0.5, 0.6) is 0 Å². The van der Waals surface area contributed by atoms with Crippen LogP contribution in [0.2, 0.25) is 0 Å². The maximum Gasteiger partial charge on any atom is 0.194 e. The molecule has 1 aromatic rings. The van der Waals surface area contributed by atoms with Gasteiger partial charge in [0.15, 0.2) is 25.5 Å². The first kappa shape index (κ1) is 10.7. The molecule has 2 rings (SSSR count). The normalized spacial score (nSPS) is 18.1. The largest absolute Gasteiger partial charge is 0.619 e. The number of hydrogen-bond donors (Lipinski definition) is 0. The summed E-state index contributed by atoms with van der Waals surface area (Å²) in [7, 11) is 0. The summed E-state index contributed by atoms with van der Waals surface area (Å²) in [6, 6.07) is 3.35. The summed E-state index contributed by atoms with van der Waals surface area (Å²) in [5.41, 5.74) is 0.664. The third-order valence-electron chi connectivity index (χ3n) is 2.54. The molecule has 2 heterocycles. The van der Waals surface area contributed by atoms with Gasteiger partial charge in [-0.15, -0.1) is 0 Å². The van der Waals surface area contributed by atoms with E-state index >= 15 is 0 Å². The predicted octanol–water partition coefficient (Wildman–Crippen LogP) is 1.34. The molecule has 0 aliphatic carbocycles. The third kappa shape index (κ3) is 2.82. The number of rotatable bonds is 2. The number of azo groups is 1. The van der Waals surface area contributed by atoms with E-state index in [0.29, 0.717) is 23.5 Å². The Kier molecular flexibility index (Phi) is 3.19. The van der Waals surface area contributed by atoms with Crippen molar-refractivity contribution < 1.29 is 9.49 Å². The second-order valence-electron chi connectivity index (χ2n) is 3.79. The SMILES string of the molecule is O=[N+]1CCC(N=Nc2cc[n+]([O-])cc2)CC1. The van der Waals surface area contributed by atoms with Crippen LogP contribution in [0.3, 0.4) is 0 Å². The Morgan fingerprint density at radius 1 is 1.25 bits per heavy atom. The molecule has 0 spiro atoms. The highest BCUT2D eigenvalue weighted by molar-refractivity contribution is 5.31. The van der Waals surface area contributed by atoms with Crippen molar-refractivity contribution in [1.82, 2.24) is 0 Å². The Hall–Kier alpha value is -1.85. The molecule has 0 N–H and O–H groups in total. The van der Waals surface area contributed by atoms with E-state index in [2.05, 4.69) is 10.2 Å². The van der Waals surface area contributed by atoms with Crippen molar-refractivity contribution in [3.8, 4) is 0 Å². The van der Waals surface area contributed by atoms with Crippen molar-refractivity contribution in [2.75, 3.05) is 13.1 Å². The standard InChI is InChI=1S/C10H13N4O2/c15-13-5-1-9(2-6-13)11-12-10-3-7-14(16)8-4-10/h1-2,5-6,10H,3-4,7-8H2/q+1. The van der Waals surface area contributed by atoms with Gasteiger partial charge in [0.25, 0.3) is 0 Å². The Morgan fingerprint density at radius 3 is 2.50 bits per heavy atom. The monoisotopic (exact) mass is 221 g/mol. The van der Waals surface area contributed by atoms with Gasteiger partial charge in [-0.2, -0.15) is 15.0 Å². The maximum absolute atomic E-state index is 10.9. The summed E-state index contributed by atoms with van der Waals surface area (Å²) in [5.74, 6) is 0. The van der Waals surface area contributed by atoms with Crippen molar-refractivity contribution in [2.24, 2.45) is 10.2 Å². The van der Waals surface area contributed by atoms with Crippen LogP contribution in [-0.4, -0.2) is 23.9 Å². The summed E-state index contributed by atoms with van der Waals surface area (Å²) < 4.78 is 1.75. The van der Waals surface area contributed by atoms with E-state index < -0.39 is 0 Å². The quantitative estimate of drug-likeness (QED) is 0.429. The summed E-state index contributed by atoms with van der Waals surface area (Å²) in [6.45, 7) is 1.05. The van der Waals surface area contributed by atoms with Gasteiger partial charge < -0.3 is 5.21 Å². The second kappa shape index (κ2) is 4.78. The van der Waals surface area contributed by atoms with Crippen LogP contribution in [-0.2, 0) is 0 Å². The zero-order chi connectivity index (χ0) is 11.4. The molecule has 0 bridgehead atoms. The highest BCUT2D eigenvalue weighted by Gasteiger charge is 2.22. The number of nitrogens with zero attached hydrogens (tertiary/aromatic N) is 4. The van der Waals surface area contributed by atoms with Gasteiger partial charge >= 0.3 is 0 Å². The minimum atomic E-state index is 0.129. The maximum atomic E-state index is 10.9. The van der Waals surface area contributed by atoms with Gasteiger partial charge in [-0.05, 0) is 4.76 Å². The van der Waals surface area contributed by atoms with E-state index in [0.717, 1.165) is 17.6 Å². The molecule has 1 aromatic heterocycles. The lowest BCUT2D eigenvalue weighted by molar-refractivity contribution is -0.605. The number of pyridine rings is 1. The molecule has 6 nitrogen and oxygen atoms in total. The van der Waals surface area contributed by atoms with E-state index in [9.17, 15) is 10.1 Å². The van der Waals surface area contributed by atoms with Gasteiger partial charge in [0.05, 0.1) is 11.7 Å². The van der Waals surface area contributed by atoms with Gasteiger partial charge in [-0.25, -0.2) is 0 Å². The molecular formula is C10H13N4O2+. The van der Waals surface area contributed by atoms with Crippen LogP contribution in [0.15, 0.2) is 34.8 Å². The van der Waals surface area contributed by atoms with Crippen LogP contribution in [0.4, 0.5) is 5.69 Å². The molecule has 0 unspecified atom stereocenters. The van der Waals surface area contributed by atoms with E-state index in [1.165, 1.54) is 12.4 Å². The summed E-state index contributed by atoms with van der Waals surface area (Å²) >= 11 is 0.